The molecular formula is C15H19N3S. The molecule has 2 aromatic heterocycles. The van der Waals surface area contributed by atoms with Gasteiger partial charge in [0.2, 0.25) is 0 Å². The standard InChI is InChI=1S/C15H19N3S/c1-2-10-6-4-8-17-14(10)15-18-13-11(9-16)5-3-7-12(13)19-15/h4,6,8,11H,2-3,5,7,9,16H2,1H3. The minimum Gasteiger partial charge on any atom is -0.330 e. The predicted octanol–water partition coefficient (Wildman–Crippen LogP) is 3.15. The molecule has 0 amide bonds. The van der Waals surface area contributed by atoms with Gasteiger partial charge in [0.1, 0.15) is 10.7 Å². The van der Waals surface area contributed by atoms with Crippen LogP contribution in [0.3, 0.4) is 0 Å². The summed E-state index contributed by atoms with van der Waals surface area (Å²) in [7, 11) is 0. The molecule has 0 aliphatic heterocycles. The van der Waals surface area contributed by atoms with Gasteiger partial charge in [-0.05, 0) is 37.3 Å². The lowest BCUT2D eigenvalue weighted by Crippen LogP contribution is -2.17. The van der Waals surface area contributed by atoms with Crippen molar-refractivity contribution in [2.24, 2.45) is 5.73 Å². The Bertz CT molecular complexity index is 577. The number of hydrogen-bond acceptors (Lipinski definition) is 4. The van der Waals surface area contributed by atoms with E-state index in [1.54, 1.807) is 0 Å². The molecule has 1 atom stereocenters. The Morgan fingerprint density at radius 3 is 3.16 bits per heavy atom. The molecule has 0 saturated heterocycles. The van der Waals surface area contributed by atoms with Crippen LogP contribution >= 0.6 is 11.3 Å². The highest BCUT2D eigenvalue weighted by Crippen LogP contribution is 2.37. The summed E-state index contributed by atoms with van der Waals surface area (Å²) in [6, 6.07) is 4.14. The van der Waals surface area contributed by atoms with E-state index in [4.69, 9.17) is 10.7 Å². The van der Waals surface area contributed by atoms with E-state index in [-0.39, 0.29) is 0 Å². The normalized spacial score (nSPS) is 18.3. The van der Waals surface area contributed by atoms with Crippen LogP contribution in [0, 0.1) is 0 Å². The average molecular weight is 273 g/mol. The van der Waals surface area contributed by atoms with Gasteiger partial charge in [-0.1, -0.05) is 13.0 Å². The summed E-state index contributed by atoms with van der Waals surface area (Å²) in [6.45, 7) is 2.87. The molecule has 0 aromatic carbocycles. The molecule has 1 unspecified atom stereocenters. The highest BCUT2D eigenvalue weighted by Gasteiger charge is 2.24. The maximum atomic E-state index is 5.87. The Kier molecular flexibility index (Phi) is 3.62. The summed E-state index contributed by atoms with van der Waals surface area (Å²) in [5.74, 6) is 0.447. The van der Waals surface area contributed by atoms with Crippen LogP contribution in [0.1, 0.15) is 41.8 Å². The van der Waals surface area contributed by atoms with Gasteiger partial charge in [-0.3, -0.25) is 4.98 Å². The van der Waals surface area contributed by atoms with Gasteiger partial charge in [0.05, 0.1) is 5.69 Å². The highest BCUT2D eigenvalue weighted by atomic mass is 32.1. The number of aromatic nitrogens is 2. The quantitative estimate of drug-likeness (QED) is 0.934. The molecule has 0 saturated carbocycles. The highest BCUT2D eigenvalue weighted by molar-refractivity contribution is 7.15. The van der Waals surface area contributed by atoms with Gasteiger partial charge in [-0.25, -0.2) is 4.98 Å². The number of aryl methyl sites for hydroxylation is 2. The Morgan fingerprint density at radius 2 is 2.37 bits per heavy atom. The number of fused-ring (bicyclic) bond motifs is 1. The van der Waals surface area contributed by atoms with Gasteiger partial charge >= 0.3 is 0 Å². The van der Waals surface area contributed by atoms with Gasteiger partial charge in [0.25, 0.3) is 0 Å². The summed E-state index contributed by atoms with van der Waals surface area (Å²) in [6.07, 6.45) is 6.41. The van der Waals surface area contributed by atoms with Crippen molar-refractivity contribution < 1.29 is 0 Å². The lowest BCUT2D eigenvalue weighted by Gasteiger charge is -2.18. The molecule has 2 aromatic rings. The maximum Gasteiger partial charge on any atom is 0.142 e. The monoisotopic (exact) mass is 273 g/mol. The zero-order valence-electron chi connectivity index (χ0n) is 11.2. The van der Waals surface area contributed by atoms with E-state index in [1.165, 1.54) is 29.0 Å². The Labute approximate surface area is 117 Å². The summed E-state index contributed by atoms with van der Waals surface area (Å²) in [4.78, 5) is 10.8. The van der Waals surface area contributed by atoms with Crippen molar-refractivity contribution in [3.63, 3.8) is 0 Å². The van der Waals surface area contributed by atoms with Crippen LogP contribution in [0.25, 0.3) is 10.7 Å². The third-order valence-electron chi connectivity index (χ3n) is 3.83. The molecular weight excluding hydrogens is 254 g/mol. The molecule has 0 spiro atoms. The van der Waals surface area contributed by atoms with E-state index < -0.39 is 0 Å². The van der Waals surface area contributed by atoms with Crippen molar-refractivity contribution in [3.05, 3.63) is 34.5 Å². The number of thiazole rings is 1. The first-order valence-corrected chi connectivity index (χ1v) is 7.79. The molecule has 100 valence electrons. The Hall–Kier alpha value is -1.26. The molecule has 1 aliphatic carbocycles. The van der Waals surface area contributed by atoms with E-state index in [1.807, 2.05) is 23.6 Å². The van der Waals surface area contributed by atoms with E-state index in [0.717, 1.165) is 23.5 Å². The van der Waals surface area contributed by atoms with Crippen LogP contribution in [0.15, 0.2) is 18.3 Å². The van der Waals surface area contributed by atoms with Gasteiger partial charge in [-0.15, -0.1) is 11.3 Å². The van der Waals surface area contributed by atoms with E-state index >= 15 is 0 Å². The lowest BCUT2D eigenvalue weighted by molar-refractivity contribution is 0.554. The fraction of sp³-hybridized carbons (Fsp3) is 0.467. The predicted molar refractivity (Wildman–Crippen MR) is 79.5 cm³/mol. The molecule has 2 N–H and O–H groups in total. The molecule has 0 bridgehead atoms. The van der Waals surface area contributed by atoms with Gasteiger partial charge < -0.3 is 5.73 Å². The summed E-state index contributed by atoms with van der Waals surface area (Å²) in [5.41, 5.74) is 9.44. The van der Waals surface area contributed by atoms with Crippen molar-refractivity contribution in [1.82, 2.24) is 9.97 Å². The number of rotatable bonds is 3. The molecule has 19 heavy (non-hydrogen) atoms. The second kappa shape index (κ2) is 5.39. The zero-order chi connectivity index (χ0) is 13.2. The number of nitrogens with zero attached hydrogens (tertiary/aromatic N) is 2. The number of hydrogen-bond donors (Lipinski definition) is 1. The van der Waals surface area contributed by atoms with Crippen LogP contribution in [0.2, 0.25) is 0 Å². The summed E-state index contributed by atoms with van der Waals surface area (Å²) in [5, 5.41) is 1.07. The Balaban J connectivity index is 2.05. The van der Waals surface area contributed by atoms with E-state index in [9.17, 15) is 0 Å². The lowest BCUT2D eigenvalue weighted by atomic mass is 9.91. The van der Waals surface area contributed by atoms with Crippen molar-refractivity contribution in [1.29, 1.82) is 0 Å². The second-order valence-corrected chi connectivity index (χ2v) is 6.10. The largest absolute Gasteiger partial charge is 0.330 e. The van der Waals surface area contributed by atoms with E-state index in [0.29, 0.717) is 12.5 Å². The van der Waals surface area contributed by atoms with Crippen LogP contribution < -0.4 is 5.73 Å². The maximum absolute atomic E-state index is 5.87. The van der Waals surface area contributed by atoms with Crippen molar-refractivity contribution in [2.75, 3.05) is 6.54 Å². The molecule has 0 radical (unpaired) electrons. The van der Waals surface area contributed by atoms with Gasteiger partial charge in [0, 0.05) is 23.5 Å². The molecule has 0 fully saturated rings. The minimum absolute atomic E-state index is 0.447. The van der Waals surface area contributed by atoms with E-state index in [2.05, 4.69) is 18.0 Å². The fourth-order valence-electron chi connectivity index (χ4n) is 2.75. The van der Waals surface area contributed by atoms with Crippen LogP contribution in [-0.2, 0) is 12.8 Å². The average Bonchev–Trinajstić information content (AvgIpc) is 2.90. The number of pyridine rings is 1. The third-order valence-corrected chi connectivity index (χ3v) is 4.97. The zero-order valence-corrected chi connectivity index (χ0v) is 12.0. The molecule has 3 rings (SSSR count). The molecule has 1 aliphatic rings. The summed E-state index contributed by atoms with van der Waals surface area (Å²) < 4.78 is 0. The SMILES string of the molecule is CCc1cccnc1-c1nc2c(s1)CCCC2CN. The summed E-state index contributed by atoms with van der Waals surface area (Å²) >= 11 is 1.81. The smallest absolute Gasteiger partial charge is 0.142 e. The van der Waals surface area contributed by atoms with Crippen LogP contribution in [0.5, 0.6) is 0 Å². The Morgan fingerprint density at radius 1 is 1.47 bits per heavy atom. The first-order chi connectivity index (χ1) is 9.33. The molecule has 2 heterocycles. The van der Waals surface area contributed by atoms with Gasteiger partial charge in [-0.2, -0.15) is 0 Å². The fourth-order valence-corrected chi connectivity index (χ4v) is 3.98. The molecule has 4 heteroatoms. The first-order valence-electron chi connectivity index (χ1n) is 6.97. The van der Waals surface area contributed by atoms with Crippen LogP contribution in [0.4, 0.5) is 0 Å². The van der Waals surface area contributed by atoms with Crippen molar-refractivity contribution in [3.8, 4) is 10.7 Å². The second-order valence-electron chi connectivity index (χ2n) is 5.02. The first kappa shape index (κ1) is 12.8. The third kappa shape index (κ3) is 2.30. The topological polar surface area (TPSA) is 51.8 Å². The van der Waals surface area contributed by atoms with Gasteiger partial charge in [0.15, 0.2) is 0 Å². The minimum atomic E-state index is 0.447. The van der Waals surface area contributed by atoms with Crippen molar-refractivity contribution in [2.45, 2.75) is 38.5 Å². The number of nitrogens with two attached hydrogens (primary N) is 1. The molecule has 3 nitrogen and oxygen atoms in total. The van der Waals surface area contributed by atoms with Crippen LogP contribution in [-0.4, -0.2) is 16.5 Å². The van der Waals surface area contributed by atoms with Crippen molar-refractivity contribution >= 4 is 11.3 Å².